The third-order valence-electron chi connectivity index (χ3n) is 2.71. The minimum Gasteiger partial charge on any atom is -0.492 e. The van der Waals surface area contributed by atoms with Gasteiger partial charge in [0.1, 0.15) is 5.75 Å². The fourth-order valence-corrected chi connectivity index (χ4v) is 1.80. The minimum absolute atomic E-state index is 0.165. The van der Waals surface area contributed by atoms with Gasteiger partial charge in [0.15, 0.2) is 17.5 Å². The van der Waals surface area contributed by atoms with Gasteiger partial charge in [0.25, 0.3) is 0 Å². The summed E-state index contributed by atoms with van der Waals surface area (Å²) >= 11 is 0. The van der Waals surface area contributed by atoms with Gasteiger partial charge in [-0.1, -0.05) is 12.1 Å². The normalized spacial score (nSPS) is 10.4. The molecule has 0 atom stereocenters. The van der Waals surface area contributed by atoms with E-state index in [-0.39, 0.29) is 6.54 Å². The quantitative estimate of drug-likeness (QED) is 0.833. The Labute approximate surface area is 115 Å². The molecule has 20 heavy (non-hydrogen) atoms. The summed E-state index contributed by atoms with van der Waals surface area (Å²) in [4.78, 5) is 0. The van der Waals surface area contributed by atoms with Crippen LogP contribution in [0.4, 0.5) is 18.9 Å². The molecule has 0 spiro atoms. The highest BCUT2D eigenvalue weighted by Gasteiger charge is 2.10. The zero-order chi connectivity index (χ0) is 14.5. The molecule has 0 fully saturated rings. The van der Waals surface area contributed by atoms with Crippen molar-refractivity contribution in [2.24, 2.45) is 0 Å². The maximum atomic E-state index is 13.1. The van der Waals surface area contributed by atoms with Crippen LogP contribution in [-0.2, 0) is 6.54 Å². The fourth-order valence-electron chi connectivity index (χ4n) is 1.80. The van der Waals surface area contributed by atoms with Crippen molar-refractivity contribution in [3.8, 4) is 5.75 Å². The van der Waals surface area contributed by atoms with E-state index in [9.17, 15) is 13.2 Å². The number of hydrogen-bond donors (Lipinski definition) is 1. The van der Waals surface area contributed by atoms with E-state index in [0.717, 1.165) is 12.1 Å². The number of ether oxygens (including phenoxy) is 1. The van der Waals surface area contributed by atoms with Crippen LogP contribution in [0, 0.1) is 17.5 Å². The second-order valence-corrected chi connectivity index (χ2v) is 4.16. The minimum atomic E-state index is -1.46. The Kier molecular flexibility index (Phi) is 4.50. The van der Waals surface area contributed by atoms with Gasteiger partial charge >= 0.3 is 0 Å². The van der Waals surface area contributed by atoms with Gasteiger partial charge in [0.2, 0.25) is 0 Å². The SMILES string of the molecule is CCOc1ccccc1NCc1cc(F)c(F)c(F)c1. The third-order valence-corrected chi connectivity index (χ3v) is 2.71. The van der Waals surface area contributed by atoms with Crippen molar-refractivity contribution in [2.75, 3.05) is 11.9 Å². The molecule has 0 aliphatic heterocycles. The van der Waals surface area contributed by atoms with Crippen LogP contribution in [-0.4, -0.2) is 6.61 Å². The summed E-state index contributed by atoms with van der Waals surface area (Å²) in [5.41, 5.74) is 1.02. The van der Waals surface area contributed by atoms with Crippen molar-refractivity contribution in [1.82, 2.24) is 0 Å². The Morgan fingerprint density at radius 1 is 1.05 bits per heavy atom. The average Bonchev–Trinajstić information content (AvgIpc) is 2.44. The van der Waals surface area contributed by atoms with Gasteiger partial charge in [-0.25, -0.2) is 13.2 Å². The Balaban J connectivity index is 2.13. The van der Waals surface area contributed by atoms with E-state index < -0.39 is 17.5 Å². The predicted octanol–water partition coefficient (Wildman–Crippen LogP) is 4.11. The Bertz CT molecular complexity index is 578. The van der Waals surface area contributed by atoms with Crippen molar-refractivity contribution in [1.29, 1.82) is 0 Å². The summed E-state index contributed by atoms with van der Waals surface area (Å²) in [7, 11) is 0. The van der Waals surface area contributed by atoms with Crippen LogP contribution in [0.1, 0.15) is 12.5 Å². The van der Waals surface area contributed by atoms with E-state index in [1.54, 1.807) is 12.1 Å². The first-order chi connectivity index (χ1) is 9.61. The lowest BCUT2D eigenvalue weighted by atomic mass is 10.2. The summed E-state index contributed by atoms with van der Waals surface area (Å²) in [5.74, 6) is -3.19. The molecule has 0 aliphatic carbocycles. The third kappa shape index (κ3) is 3.23. The smallest absolute Gasteiger partial charge is 0.194 e. The number of hydrogen-bond acceptors (Lipinski definition) is 2. The Morgan fingerprint density at radius 3 is 2.35 bits per heavy atom. The molecule has 106 valence electrons. The predicted molar refractivity (Wildman–Crippen MR) is 71.3 cm³/mol. The number of para-hydroxylation sites is 2. The molecule has 5 heteroatoms. The van der Waals surface area contributed by atoms with Gasteiger partial charge in [-0.05, 0) is 36.8 Å². The molecule has 0 radical (unpaired) electrons. The summed E-state index contributed by atoms with van der Waals surface area (Å²) < 4.78 is 44.5. The van der Waals surface area contributed by atoms with Gasteiger partial charge in [-0.2, -0.15) is 0 Å². The van der Waals surface area contributed by atoms with Gasteiger partial charge in [-0.3, -0.25) is 0 Å². The first-order valence-corrected chi connectivity index (χ1v) is 6.21. The molecule has 2 rings (SSSR count). The van der Waals surface area contributed by atoms with Crippen molar-refractivity contribution in [3.63, 3.8) is 0 Å². The molecule has 1 N–H and O–H groups in total. The van der Waals surface area contributed by atoms with Gasteiger partial charge < -0.3 is 10.1 Å². The average molecular weight is 281 g/mol. The second kappa shape index (κ2) is 6.32. The molecule has 0 aromatic heterocycles. The van der Waals surface area contributed by atoms with Crippen molar-refractivity contribution in [2.45, 2.75) is 13.5 Å². The van der Waals surface area contributed by atoms with Crippen LogP contribution < -0.4 is 10.1 Å². The Morgan fingerprint density at radius 2 is 1.70 bits per heavy atom. The molecule has 0 saturated heterocycles. The second-order valence-electron chi connectivity index (χ2n) is 4.16. The standard InChI is InChI=1S/C15H14F3NO/c1-2-20-14-6-4-3-5-13(14)19-9-10-7-11(16)15(18)12(17)8-10/h3-8,19H,2,9H2,1H3. The molecule has 2 aromatic carbocycles. The molecule has 0 unspecified atom stereocenters. The van der Waals surface area contributed by atoms with E-state index in [0.29, 0.717) is 23.6 Å². The van der Waals surface area contributed by atoms with Crippen LogP contribution in [0.2, 0.25) is 0 Å². The highest BCUT2D eigenvalue weighted by molar-refractivity contribution is 5.56. The van der Waals surface area contributed by atoms with Gasteiger partial charge in [0.05, 0.1) is 12.3 Å². The number of anilines is 1. The number of nitrogens with one attached hydrogen (secondary N) is 1. The highest BCUT2D eigenvalue weighted by atomic mass is 19.2. The fraction of sp³-hybridized carbons (Fsp3) is 0.200. The van der Waals surface area contributed by atoms with Crippen LogP contribution >= 0.6 is 0 Å². The van der Waals surface area contributed by atoms with E-state index >= 15 is 0 Å². The van der Waals surface area contributed by atoms with Crippen LogP contribution in [0.5, 0.6) is 5.75 Å². The molecular formula is C15H14F3NO. The summed E-state index contributed by atoms with van der Waals surface area (Å²) in [5, 5.41) is 3.01. The first kappa shape index (κ1) is 14.2. The summed E-state index contributed by atoms with van der Waals surface area (Å²) in [6.07, 6.45) is 0. The monoisotopic (exact) mass is 281 g/mol. The summed E-state index contributed by atoms with van der Waals surface area (Å²) in [6.45, 7) is 2.54. The maximum absolute atomic E-state index is 13.1. The van der Waals surface area contributed by atoms with Gasteiger partial charge in [0, 0.05) is 6.54 Å². The number of halogens is 3. The van der Waals surface area contributed by atoms with Crippen molar-refractivity contribution in [3.05, 3.63) is 59.4 Å². The number of benzene rings is 2. The van der Waals surface area contributed by atoms with E-state index in [1.165, 1.54) is 0 Å². The lowest BCUT2D eigenvalue weighted by Crippen LogP contribution is -2.04. The van der Waals surface area contributed by atoms with Gasteiger partial charge in [-0.15, -0.1) is 0 Å². The molecule has 0 aliphatic rings. The van der Waals surface area contributed by atoms with E-state index in [4.69, 9.17) is 4.74 Å². The molecule has 2 aromatic rings. The maximum Gasteiger partial charge on any atom is 0.194 e. The molecule has 0 amide bonds. The molecule has 0 heterocycles. The largest absolute Gasteiger partial charge is 0.492 e. The lowest BCUT2D eigenvalue weighted by molar-refractivity contribution is 0.341. The molecule has 2 nitrogen and oxygen atoms in total. The van der Waals surface area contributed by atoms with Crippen LogP contribution in [0.15, 0.2) is 36.4 Å². The van der Waals surface area contributed by atoms with Crippen molar-refractivity contribution < 1.29 is 17.9 Å². The number of rotatable bonds is 5. The first-order valence-electron chi connectivity index (χ1n) is 6.21. The highest BCUT2D eigenvalue weighted by Crippen LogP contribution is 2.24. The Hall–Kier alpha value is -2.17. The zero-order valence-corrected chi connectivity index (χ0v) is 10.9. The molecule has 0 bridgehead atoms. The zero-order valence-electron chi connectivity index (χ0n) is 10.9. The molecular weight excluding hydrogens is 267 g/mol. The van der Waals surface area contributed by atoms with Crippen LogP contribution in [0.25, 0.3) is 0 Å². The van der Waals surface area contributed by atoms with Crippen LogP contribution in [0.3, 0.4) is 0 Å². The molecule has 0 saturated carbocycles. The lowest BCUT2D eigenvalue weighted by Gasteiger charge is -2.12. The summed E-state index contributed by atoms with van der Waals surface area (Å²) in [6, 6.07) is 9.16. The van der Waals surface area contributed by atoms with Crippen molar-refractivity contribution >= 4 is 5.69 Å². The van der Waals surface area contributed by atoms with E-state index in [2.05, 4.69) is 5.32 Å². The van der Waals surface area contributed by atoms with E-state index in [1.807, 2.05) is 19.1 Å². The topological polar surface area (TPSA) is 21.3 Å².